The summed E-state index contributed by atoms with van der Waals surface area (Å²) in [6.45, 7) is 2.59. The second-order valence-corrected chi connectivity index (χ2v) is 4.20. The van der Waals surface area contributed by atoms with Gasteiger partial charge < -0.3 is 9.72 Å². The Morgan fingerprint density at radius 1 is 1.38 bits per heavy atom. The monoisotopic (exact) mass is 217 g/mol. The zero-order valence-electron chi connectivity index (χ0n) is 9.36. The van der Waals surface area contributed by atoms with Crippen LogP contribution in [0.4, 0.5) is 0 Å². The van der Waals surface area contributed by atoms with Gasteiger partial charge in [-0.15, -0.1) is 0 Å². The third kappa shape index (κ3) is 1.54. The predicted molar refractivity (Wildman–Crippen MR) is 61.6 cm³/mol. The van der Waals surface area contributed by atoms with Crippen LogP contribution in [0.2, 0.25) is 0 Å². The van der Waals surface area contributed by atoms with Gasteiger partial charge in [0, 0.05) is 12.0 Å². The van der Waals surface area contributed by atoms with Crippen molar-refractivity contribution >= 4 is 11.2 Å². The fourth-order valence-corrected chi connectivity index (χ4v) is 2.00. The third-order valence-electron chi connectivity index (χ3n) is 3.12. The van der Waals surface area contributed by atoms with Gasteiger partial charge in [0.15, 0.2) is 5.65 Å². The molecule has 0 aliphatic heterocycles. The summed E-state index contributed by atoms with van der Waals surface area (Å²) < 4.78 is 5.36. The molecule has 1 N–H and O–H groups in total. The van der Waals surface area contributed by atoms with Gasteiger partial charge >= 0.3 is 0 Å². The van der Waals surface area contributed by atoms with Crippen LogP contribution in [0.1, 0.15) is 37.9 Å². The number of imidazole rings is 1. The number of fused-ring (bicyclic) bond motifs is 1. The molecule has 2 heterocycles. The van der Waals surface area contributed by atoms with Crippen LogP contribution in [0, 0.1) is 0 Å². The van der Waals surface area contributed by atoms with Gasteiger partial charge in [0.2, 0.25) is 5.88 Å². The standard InChI is InChI=1S/C12H15N3O/c1-2-16-10-7-6-9-12(14-10)15-11(13-9)8-4-3-5-8/h6-8H,2-5H2,1H3,(H,13,14,15). The first-order chi connectivity index (χ1) is 7.86. The van der Waals surface area contributed by atoms with Crippen molar-refractivity contribution in [1.29, 1.82) is 0 Å². The molecule has 2 aromatic heterocycles. The van der Waals surface area contributed by atoms with E-state index in [1.807, 2.05) is 19.1 Å². The highest BCUT2D eigenvalue weighted by molar-refractivity contribution is 5.71. The highest BCUT2D eigenvalue weighted by atomic mass is 16.5. The SMILES string of the molecule is CCOc1ccc2[nH]c(C3CCC3)nc2n1. The number of aromatic nitrogens is 3. The molecule has 0 saturated heterocycles. The van der Waals surface area contributed by atoms with Gasteiger partial charge in [-0.1, -0.05) is 6.42 Å². The lowest BCUT2D eigenvalue weighted by atomic mass is 9.85. The first kappa shape index (κ1) is 9.63. The lowest BCUT2D eigenvalue weighted by Gasteiger charge is -2.22. The van der Waals surface area contributed by atoms with E-state index < -0.39 is 0 Å². The van der Waals surface area contributed by atoms with Crippen LogP contribution in [0.5, 0.6) is 5.88 Å². The van der Waals surface area contributed by atoms with E-state index in [1.165, 1.54) is 19.3 Å². The minimum atomic E-state index is 0.616. The number of hydrogen-bond acceptors (Lipinski definition) is 3. The van der Waals surface area contributed by atoms with Crippen molar-refractivity contribution in [2.45, 2.75) is 32.1 Å². The number of H-pyrrole nitrogens is 1. The Morgan fingerprint density at radius 3 is 2.94 bits per heavy atom. The quantitative estimate of drug-likeness (QED) is 0.859. The second kappa shape index (κ2) is 3.77. The van der Waals surface area contributed by atoms with E-state index in [2.05, 4.69) is 15.0 Å². The summed E-state index contributed by atoms with van der Waals surface area (Å²) in [5.41, 5.74) is 1.78. The van der Waals surface area contributed by atoms with Crippen molar-refractivity contribution in [1.82, 2.24) is 15.0 Å². The molecule has 2 aromatic rings. The largest absolute Gasteiger partial charge is 0.478 e. The zero-order valence-corrected chi connectivity index (χ0v) is 9.36. The molecule has 16 heavy (non-hydrogen) atoms. The summed E-state index contributed by atoms with van der Waals surface area (Å²) in [5, 5.41) is 0. The number of nitrogens with zero attached hydrogens (tertiary/aromatic N) is 2. The Kier molecular flexibility index (Phi) is 2.27. The van der Waals surface area contributed by atoms with Gasteiger partial charge in [-0.3, -0.25) is 0 Å². The van der Waals surface area contributed by atoms with E-state index in [0.717, 1.165) is 17.0 Å². The van der Waals surface area contributed by atoms with Crippen LogP contribution in [0.3, 0.4) is 0 Å². The number of nitrogens with one attached hydrogen (secondary N) is 1. The number of pyridine rings is 1. The summed E-state index contributed by atoms with van der Waals surface area (Å²) >= 11 is 0. The van der Waals surface area contributed by atoms with Crippen LogP contribution < -0.4 is 4.74 Å². The van der Waals surface area contributed by atoms with E-state index in [0.29, 0.717) is 18.4 Å². The molecule has 4 heteroatoms. The van der Waals surface area contributed by atoms with Crippen molar-refractivity contribution < 1.29 is 4.74 Å². The van der Waals surface area contributed by atoms with Crippen LogP contribution in [-0.4, -0.2) is 21.6 Å². The second-order valence-electron chi connectivity index (χ2n) is 4.20. The maximum atomic E-state index is 5.36. The van der Waals surface area contributed by atoms with Gasteiger partial charge in [0.1, 0.15) is 5.82 Å². The Morgan fingerprint density at radius 2 is 2.25 bits per heavy atom. The van der Waals surface area contributed by atoms with Gasteiger partial charge in [-0.25, -0.2) is 4.98 Å². The van der Waals surface area contributed by atoms with E-state index in [-0.39, 0.29) is 0 Å². The smallest absolute Gasteiger partial charge is 0.215 e. The molecule has 1 aliphatic rings. The average molecular weight is 217 g/mol. The average Bonchev–Trinajstić information content (AvgIpc) is 2.57. The van der Waals surface area contributed by atoms with Gasteiger partial charge in [0.05, 0.1) is 12.1 Å². The molecule has 84 valence electrons. The summed E-state index contributed by atoms with van der Waals surface area (Å²) in [6.07, 6.45) is 3.82. The first-order valence-corrected chi connectivity index (χ1v) is 5.86. The Hall–Kier alpha value is -1.58. The van der Waals surface area contributed by atoms with E-state index in [4.69, 9.17) is 4.74 Å². The molecule has 3 rings (SSSR count). The number of rotatable bonds is 3. The topological polar surface area (TPSA) is 50.8 Å². The van der Waals surface area contributed by atoms with Crippen molar-refractivity contribution in [3.05, 3.63) is 18.0 Å². The molecule has 1 fully saturated rings. The van der Waals surface area contributed by atoms with Crippen LogP contribution in [0.25, 0.3) is 11.2 Å². The van der Waals surface area contributed by atoms with E-state index in [9.17, 15) is 0 Å². The molecule has 0 unspecified atom stereocenters. The van der Waals surface area contributed by atoms with Gasteiger partial charge in [0.25, 0.3) is 0 Å². The summed E-state index contributed by atoms with van der Waals surface area (Å²) in [4.78, 5) is 12.2. The maximum Gasteiger partial charge on any atom is 0.215 e. The van der Waals surface area contributed by atoms with Crippen molar-refractivity contribution in [2.75, 3.05) is 6.61 Å². The minimum Gasteiger partial charge on any atom is -0.478 e. The normalized spacial score (nSPS) is 16.3. The fraction of sp³-hybridized carbons (Fsp3) is 0.500. The number of ether oxygens (including phenoxy) is 1. The van der Waals surface area contributed by atoms with Crippen LogP contribution >= 0.6 is 0 Å². The Bertz CT molecular complexity index is 502. The summed E-state index contributed by atoms with van der Waals surface area (Å²) in [6, 6.07) is 3.87. The zero-order chi connectivity index (χ0) is 11.0. The fourth-order valence-electron chi connectivity index (χ4n) is 2.00. The predicted octanol–water partition coefficient (Wildman–Crippen LogP) is 2.62. The number of hydrogen-bond donors (Lipinski definition) is 1. The highest BCUT2D eigenvalue weighted by Crippen LogP contribution is 2.35. The molecule has 1 saturated carbocycles. The lowest BCUT2D eigenvalue weighted by molar-refractivity contribution is 0.328. The Balaban J connectivity index is 1.96. The molecule has 1 aliphatic carbocycles. The molecule has 0 atom stereocenters. The van der Waals surface area contributed by atoms with E-state index >= 15 is 0 Å². The molecule has 0 aromatic carbocycles. The van der Waals surface area contributed by atoms with Crippen LogP contribution in [-0.2, 0) is 0 Å². The van der Waals surface area contributed by atoms with Gasteiger partial charge in [-0.05, 0) is 25.8 Å². The van der Waals surface area contributed by atoms with Gasteiger partial charge in [-0.2, -0.15) is 4.98 Å². The van der Waals surface area contributed by atoms with E-state index in [1.54, 1.807) is 0 Å². The highest BCUT2D eigenvalue weighted by Gasteiger charge is 2.22. The van der Waals surface area contributed by atoms with Crippen LogP contribution in [0.15, 0.2) is 12.1 Å². The van der Waals surface area contributed by atoms with Crippen molar-refractivity contribution in [3.63, 3.8) is 0 Å². The molecular weight excluding hydrogens is 202 g/mol. The van der Waals surface area contributed by atoms with Crippen molar-refractivity contribution in [2.24, 2.45) is 0 Å². The summed E-state index contributed by atoms with van der Waals surface area (Å²) in [5.74, 6) is 2.36. The molecule has 4 nitrogen and oxygen atoms in total. The maximum absolute atomic E-state index is 5.36. The molecule has 0 amide bonds. The molecule has 0 spiro atoms. The molecule has 0 radical (unpaired) electrons. The number of aromatic amines is 1. The molecule has 0 bridgehead atoms. The minimum absolute atomic E-state index is 0.616. The molecular formula is C12H15N3O. The van der Waals surface area contributed by atoms with Crippen molar-refractivity contribution in [3.8, 4) is 5.88 Å². The first-order valence-electron chi connectivity index (χ1n) is 5.86. The lowest BCUT2D eigenvalue weighted by Crippen LogP contribution is -2.10. The Labute approximate surface area is 94.1 Å². The third-order valence-corrected chi connectivity index (χ3v) is 3.12. The summed E-state index contributed by atoms with van der Waals surface area (Å²) in [7, 11) is 0.